The molecule has 2 rings (SSSR count). The third-order valence-corrected chi connectivity index (χ3v) is 4.27. The molecule has 19 heavy (non-hydrogen) atoms. The summed E-state index contributed by atoms with van der Waals surface area (Å²) >= 11 is 5.06. The lowest BCUT2D eigenvalue weighted by atomic mass is 9.68. The fourth-order valence-corrected chi connectivity index (χ4v) is 2.79. The summed E-state index contributed by atoms with van der Waals surface area (Å²) in [5.41, 5.74) is 6.37. The minimum atomic E-state index is -0.583. The molecule has 102 valence electrons. The maximum Gasteiger partial charge on any atom is 0.233 e. The zero-order valence-electron chi connectivity index (χ0n) is 11.2. The van der Waals surface area contributed by atoms with Gasteiger partial charge in [-0.25, -0.2) is 0 Å². The fourth-order valence-electron chi connectivity index (χ4n) is 2.50. The Hall–Kier alpha value is -1.42. The topological polar surface area (TPSA) is 55.1 Å². The molecule has 1 aliphatic rings. The molecule has 0 heterocycles. The Morgan fingerprint density at radius 3 is 2.53 bits per heavy atom. The van der Waals surface area contributed by atoms with Gasteiger partial charge in [0.05, 0.1) is 10.4 Å². The van der Waals surface area contributed by atoms with Crippen LogP contribution in [0.3, 0.4) is 0 Å². The molecular weight excluding hydrogens is 256 g/mol. The second-order valence-corrected chi connectivity index (χ2v) is 5.80. The lowest BCUT2D eigenvalue weighted by Gasteiger charge is -2.39. The average molecular weight is 276 g/mol. The van der Waals surface area contributed by atoms with Gasteiger partial charge in [-0.15, -0.1) is 0 Å². The highest BCUT2D eigenvalue weighted by molar-refractivity contribution is 7.80. The van der Waals surface area contributed by atoms with E-state index in [1.165, 1.54) is 5.56 Å². The zero-order chi connectivity index (χ0) is 13.9. The van der Waals surface area contributed by atoms with Crippen LogP contribution >= 0.6 is 12.2 Å². The van der Waals surface area contributed by atoms with E-state index in [-0.39, 0.29) is 11.9 Å². The van der Waals surface area contributed by atoms with Crippen LogP contribution in [0.1, 0.15) is 31.7 Å². The number of carbonyl (C=O) groups excluding carboxylic acids is 1. The van der Waals surface area contributed by atoms with E-state index in [0.717, 1.165) is 25.7 Å². The minimum Gasteiger partial charge on any atom is -0.392 e. The Morgan fingerprint density at radius 2 is 2.05 bits per heavy atom. The second kappa shape index (κ2) is 5.70. The molecule has 0 bridgehead atoms. The van der Waals surface area contributed by atoms with Gasteiger partial charge in [-0.1, -0.05) is 49.0 Å². The predicted molar refractivity (Wildman–Crippen MR) is 80.8 cm³/mol. The summed E-state index contributed by atoms with van der Waals surface area (Å²) in [6, 6.07) is 10.2. The van der Waals surface area contributed by atoms with Gasteiger partial charge in [0.15, 0.2) is 0 Å². The molecule has 3 nitrogen and oxygen atoms in total. The monoisotopic (exact) mass is 276 g/mol. The quantitative estimate of drug-likeness (QED) is 0.811. The third kappa shape index (κ3) is 2.95. The first-order valence-electron chi connectivity index (χ1n) is 6.69. The van der Waals surface area contributed by atoms with Crippen molar-refractivity contribution < 1.29 is 4.79 Å². The van der Waals surface area contributed by atoms with Gasteiger partial charge in [-0.05, 0) is 31.7 Å². The SMILES string of the molecule is CC(Cc1ccccc1)NC(=O)C1(C(N)=S)CCC1. The summed E-state index contributed by atoms with van der Waals surface area (Å²) in [5, 5.41) is 3.05. The van der Waals surface area contributed by atoms with Gasteiger partial charge in [0, 0.05) is 6.04 Å². The number of hydrogen-bond donors (Lipinski definition) is 2. The summed E-state index contributed by atoms with van der Waals surface area (Å²) < 4.78 is 0. The Kier molecular flexibility index (Phi) is 4.20. The molecule has 1 aliphatic carbocycles. The van der Waals surface area contributed by atoms with E-state index in [0.29, 0.717) is 4.99 Å². The highest BCUT2D eigenvalue weighted by Gasteiger charge is 2.47. The van der Waals surface area contributed by atoms with Gasteiger partial charge < -0.3 is 11.1 Å². The summed E-state index contributed by atoms with van der Waals surface area (Å²) in [6.07, 6.45) is 3.41. The maximum atomic E-state index is 12.3. The van der Waals surface area contributed by atoms with E-state index < -0.39 is 5.41 Å². The molecule has 1 aromatic rings. The number of thiocarbonyl (C=S) groups is 1. The van der Waals surface area contributed by atoms with E-state index in [1.54, 1.807) is 0 Å². The zero-order valence-corrected chi connectivity index (χ0v) is 12.0. The third-order valence-electron chi connectivity index (χ3n) is 3.88. The summed E-state index contributed by atoms with van der Waals surface area (Å²) in [5.74, 6) is -0.00492. The molecule has 0 spiro atoms. The van der Waals surface area contributed by atoms with E-state index in [2.05, 4.69) is 17.4 Å². The lowest BCUT2D eigenvalue weighted by Crippen LogP contribution is -2.55. The van der Waals surface area contributed by atoms with Crippen LogP contribution < -0.4 is 11.1 Å². The minimum absolute atomic E-state index is 0.00492. The standard InChI is InChI=1S/C15H20N2OS/c1-11(10-12-6-3-2-4-7-12)17-14(18)15(13(16)19)8-5-9-15/h2-4,6-7,11H,5,8-10H2,1H3,(H2,16,19)(H,17,18). The molecule has 1 atom stereocenters. The van der Waals surface area contributed by atoms with Gasteiger partial charge in [-0.2, -0.15) is 0 Å². The van der Waals surface area contributed by atoms with Crippen molar-refractivity contribution in [2.75, 3.05) is 0 Å². The van der Waals surface area contributed by atoms with Crippen LogP contribution in [0.2, 0.25) is 0 Å². The molecule has 1 saturated carbocycles. The number of benzene rings is 1. The van der Waals surface area contributed by atoms with Gasteiger partial charge in [-0.3, -0.25) is 4.79 Å². The van der Waals surface area contributed by atoms with Crippen LogP contribution in [0.25, 0.3) is 0 Å². The molecule has 1 amide bonds. The smallest absolute Gasteiger partial charge is 0.233 e. The van der Waals surface area contributed by atoms with Crippen molar-refractivity contribution in [2.45, 2.75) is 38.6 Å². The van der Waals surface area contributed by atoms with Gasteiger partial charge >= 0.3 is 0 Å². The Balaban J connectivity index is 1.94. The van der Waals surface area contributed by atoms with Crippen molar-refractivity contribution in [3.05, 3.63) is 35.9 Å². The molecule has 0 saturated heterocycles. The van der Waals surface area contributed by atoms with Crippen molar-refractivity contribution in [1.29, 1.82) is 0 Å². The molecule has 3 N–H and O–H groups in total. The number of rotatable bonds is 5. The van der Waals surface area contributed by atoms with Gasteiger partial charge in [0.25, 0.3) is 0 Å². The maximum absolute atomic E-state index is 12.3. The normalized spacial score (nSPS) is 18.2. The van der Waals surface area contributed by atoms with E-state index >= 15 is 0 Å². The van der Waals surface area contributed by atoms with Crippen LogP contribution in [0.4, 0.5) is 0 Å². The molecule has 0 aromatic heterocycles. The molecule has 0 radical (unpaired) electrons. The number of hydrogen-bond acceptors (Lipinski definition) is 2. The summed E-state index contributed by atoms with van der Waals surface area (Å²) in [7, 11) is 0. The number of nitrogens with one attached hydrogen (secondary N) is 1. The number of carbonyl (C=O) groups is 1. The summed E-state index contributed by atoms with van der Waals surface area (Å²) in [4.78, 5) is 12.6. The highest BCUT2D eigenvalue weighted by atomic mass is 32.1. The van der Waals surface area contributed by atoms with Gasteiger partial charge in [0.2, 0.25) is 5.91 Å². The molecule has 1 fully saturated rings. The second-order valence-electron chi connectivity index (χ2n) is 5.36. The van der Waals surface area contributed by atoms with Crippen LogP contribution in [-0.4, -0.2) is 16.9 Å². The largest absolute Gasteiger partial charge is 0.392 e. The fraction of sp³-hybridized carbons (Fsp3) is 0.467. The highest BCUT2D eigenvalue weighted by Crippen LogP contribution is 2.41. The molecular formula is C15H20N2OS. The predicted octanol–water partition coefficient (Wildman–Crippen LogP) is 2.19. The Bertz CT molecular complexity index is 468. The Morgan fingerprint density at radius 1 is 1.42 bits per heavy atom. The first kappa shape index (κ1) is 14.0. The molecule has 4 heteroatoms. The van der Waals surface area contributed by atoms with Gasteiger partial charge in [0.1, 0.15) is 0 Å². The lowest BCUT2D eigenvalue weighted by molar-refractivity contribution is -0.131. The average Bonchev–Trinajstić information content (AvgIpc) is 2.27. The van der Waals surface area contributed by atoms with Crippen molar-refractivity contribution >= 4 is 23.1 Å². The van der Waals surface area contributed by atoms with E-state index in [1.807, 2.05) is 25.1 Å². The molecule has 0 aliphatic heterocycles. The van der Waals surface area contributed by atoms with Crippen LogP contribution in [-0.2, 0) is 11.2 Å². The van der Waals surface area contributed by atoms with Crippen LogP contribution in [0, 0.1) is 5.41 Å². The summed E-state index contributed by atoms with van der Waals surface area (Å²) in [6.45, 7) is 2.01. The Labute approximate surface area is 119 Å². The van der Waals surface area contributed by atoms with Crippen molar-refractivity contribution in [3.8, 4) is 0 Å². The molecule has 1 aromatic carbocycles. The van der Waals surface area contributed by atoms with Crippen molar-refractivity contribution in [3.63, 3.8) is 0 Å². The van der Waals surface area contributed by atoms with E-state index in [4.69, 9.17) is 18.0 Å². The molecule has 1 unspecified atom stereocenters. The van der Waals surface area contributed by atoms with Crippen molar-refractivity contribution in [2.24, 2.45) is 11.1 Å². The number of nitrogens with two attached hydrogens (primary N) is 1. The first-order chi connectivity index (χ1) is 9.04. The van der Waals surface area contributed by atoms with Crippen molar-refractivity contribution in [1.82, 2.24) is 5.32 Å². The number of amides is 1. The first-order valence-corrected chi connectivity index (χ1v) is 7.10. The van der Waals surface area contributed by atoms with E-state index in [9.17, 15) is 4.79 Å². The van der Waals surface area contributed by atoms with Crippen LogP contribution in [0.5, 0.6) is 0 Å². The van der Waals surface area contributed by atoms with Crippen LogP contribution in [0.15, 0.2) is 30.3 Å².